The van der Waals surface area contributed by atoms with Crippen molar-refractivity contribution in [2.75, 3.05) is 0 Å². The molecule has 2 nitrogen and oxygen atoms in total. The zero-order valence-corrected chi connectivity index (χ0v) is 2.70. The van der Waals surface area contributed by atoms with Gasteiger partial charge >= 0.3 is 28.4 Å². The molecule has 5 heavy (non-hydrogen) atoms. The first kappa shape index (κ1) is 9.14. The average Bonchev–Trinajstić information content (AvgIpc) is 0.811. The van der Waals surface area contributed by atoms with Crippen molar-refractivity contribution in [2.45, 2.75) is 0 Å². The lowest BCUT2D eigenvalue weighted by atomic mass is 11.6. The number of hydrogen-bond acceptors (Lipinski definition) is 1. The highest BCUT2D eigenvalue weighted by Crippen LogP contribution is 1.66. The normalized spacial score (nSPS) is 5.00. The summed E-state index contributed by atoms with van der Waals surface area (Å²) in [5, 5.41) is 6.14. The second kappa shape index (κ2) is 4.59. The van der Waals surface area contributed by atoms with Crippen molar-refractivity contribution >= 4 is 41.0 Å². The Morgan fingerprint density at radius 3 is 1.80 bits per heavy atom. The first-order valence-electron chi connectivity index (χ1n) is 0.651. The number of thiol groups is 1. The first-order chi connectivity index (χ1) is 1.73. The van der Waals surface area contributed by atoms with Crippen molar-refractivity contribution in [1.82, 2.24) is 0 Å². The molecule has 0 saturated heterocycles. The van der Waals surface area contributed by atoms with Crippen molar-refractivity contribution < 1.29 is 9.90 Å². The van der Waals surface area contributed by atoms with Gasteiger partial charge in [0.1, 0.15) is 0 Å². The van der Waals surface area contributed by atoms with Crippen molar-refractivity contribution in [3.8, 4) is 0 Å². The lowest BCUT2D eigenvalue weighted by molar-refractivity contribution is 0.222. The molecule has 0 bridgehead atoms. The van der Waals surface area contributed by atoms with E-state index in [9.17, 15) is 0 Å². The summed E-state index contributed by atoms with van der Waals surface area (Å²) in [5.74, 6) is 0. The fourth-order valence-electron chi connectivity index (χ4n) is 0. The molecule has 0 rings (SSSR count). The molecule has 0 saturated carbocycles. The molecule has 0 heterocycles. The predicted octanol–water partition coefficient (Wildman–Crippen LogP) is -0.322. The third kappa shape index (κ3) is 89.3. The van der Waals surface area contributed by atoms with Gasteiger partial charge in [-0.15, -0.1) is 0 Å². The maximum absolute atomic E-state index is 8.86. The quantitative estimate of drug-likeness (QED) is 0.326. The highest BCUT2D eigenvalue weighted by molar-refractivity contribution is 7.96. The van der Waals surface area contributed by atoms with Gasteiger partial charge in [0.15, 0.2) is 0 Å². The van der Waals surface area contributed by atoms with Crippen LogP contribution in [0.3, 0.4) is 0 Å². The molecule has 0 aromatic heterocycles. The zero-order valence-electron chi connectivity index (χ0n) is 1.80. The zero-order chi connectivity index (χ0) is 3.58. The number of carboxylic acid groups (broad SMARTS) is 1. The fraction of sp³-hybridized carbons (Fsp3) is 0. The van der Waals surface area contributed by atoms with Crippen LogP contribution in [-0.4, -0.2) is 33.5 Å². The lowest BCUT2D eigenvalue weighted by Gasteiger charge is -1.58. The van der Waals surface area contributed by atoms with Crippen LogP contribution in [0.1, 0.15) is 0 Å². The molecule has 1 N–H and O–H groups in total. The molecule has 0 radical (unpaired) electrons. The van der Waals surface area contributed by atoms with Crippen molar-refractivity contribution in [1.29, 1.82) is 0 Å². The number of rotatable bonds is 0. The minimum Gasteiger partial charge on any atom is -0.473 e. The summed E-state index contributed by atoms with van der Waals surface area (Å²) in [6.07, 6.45) is 0. The van der Waals surface area contributed by atoms with Gasteiger partial charge in [-0.2, -0.15) is 0 Å². The van der Waals surface area contributed by atoms with Gasteiger partial charge in [0, 0.05) is 0 Å². The molecular formula is CH4MgO2S. The Morgan fingerprint density at radius 1 is 1.80 bits per heavy atom. The van der Waals surface area contributed by atoms with E-state index in [1.54, 1.807) is 0 Å². The Labute approximate surface area is 51.1 Å². The van der Waals surface area contributed by atoms with E-state index in [0.717, 1.165) is 0 Å². The second-order valence-electron chi connectivity index (χ2n) is 0.283. The lowest BCUT2D eigenvalue weighted by Crippen LogP contribution is -1.67. The van der Waals surface area contributed by atoms with E-state index in [1.807, 2.05) is 0 Å². The molecule has 28 valence electrons. The van der Waals surface area contributed by atoms with Gasteiger partial charge in [-0.1, -0.05) is 12.6 Å². The highest BCUT2D eigenvalue weighted by Gasteiger charge is 1.67. The summed E-state index contributed by atoms with van der Waals surface area (Å²) in [7, 11) is 0. The van der Waals surface area contributed by atoms with E-state index in [1.165, 1.54) is 0 Å². The standard InChI is InChI=1S/CH2O2S.Mg.2H/c2-1(3)4;;;/h4H,(H,2,3);;;. The van der Waals surface area contributed by atoms with Crippen LogP contribution in [0.15, 0.2) is 0 Å². The monoisotopic (exact) mass is 104 g/mol. The maximum Gasteiger partial charge on any atom is 0.361 e. The van der Waals surface area contributed by atoms with E-state index < -0.39 is 5.30 Å². The molecular weight excluding hydrogens is 100 g/mol. The molecule has 0 aromatic carbocycles. The van der Waals surface area contributed by atoms with Crippen LogP contribution in [-0.2, 0) is 0 Å². The summed E-state index contributed by atoms with van der Waals surface area (Å²) >= 11 is 2.88. The molecule has 0 spiro atoms. The largest absolute Gasteiger partial charge is 0.473 e. The molecule has 0 unspecified atom stereocenters. The number of hydrogen-bond donors (Lipinski definition) is 2. The summed E-state index contributed by atoms with van der Waals surface area (Å²) in [5.41, 5.74) is 0. The molecule has 0 amide bonds. The smallest absolute Gasteiger partial charge is 0.361 e. The van der Waals surface area contributed by atoms with Crippen LogP contribution in [0, 0.1) is 0 Å². The predicted molar refractivity (Wildman–Crippen MR) is 25.6 cm³/mol. The Bertz CT molecular complexity index is 32.6. The van der Waals surface area contributed by atoms with Crippen LogP contribution in [0.4, 0.5) is 4.79 Å². The number of carbonyl (C=O) groups is 1. The molecule has 0 aliphatic carbocycles. The van der Waals surface area contributed by atoms with E-state index in [2.05, 4.69) is 12.6 Å². The summed E-state index contributed by atoms with van der Waals surface area (Å²) in [4.78, 5) is 8.86. The first-order valence-corrected chi connectivity index (χ1v) is 1.10. The Hall–Kier alpha value is 0.586. The van der Waals surface area contributed by atoms with Gasteiger partial charge in [-0.25, -0.2) is 4.79 Å². The average molecular weight is 104 g/mol. The van der Waals surface area contributed by atoms with E-state index in [-0.39, 0.29) is 23.1 Å². The van der Waals surface area contributed by atoms with Crippen molar-refractivity contribution in [3.63, 3.8) is 0 Å². The van der Waals surface area contributed by atoms with Gasteiger partial charge < -0.3 is 5.11 Å². The van der Waals surface area contributed by atoms with E-state index in [0.29, 0.717) is 0 Å². The van der Waals surface area contributed by atoms with Crippen LogP contribution >= 0.6 is 12.6 Å². The van der Waals surface area contributed by atoms with E-state index >= 15 is 0 Å². The topological polar surface area (TPSA) is 37.3 Å². The van der Waals surface area contributed by atoms with Crippen molar-refractivity contribution in [2.24, 2.45) is 0 Å². The van der Waals surface area contributed by atoms with Crippen LogP contribution < -0.4 is 0 Å². The molecule has 4 heteroatoms. The van der Waals surface area contributed by atoms with Gasteiger partial charge in [-0.3, -0.25) is 0 Å². The molecule has 0 fully saturated rings. The van der Waals surface area contributed by atoms with Gasteiger partial charge in [-0.05, 0) is 0 Å². The van der Waals surface area contributed by atoms with Gasteiger partial charge in [0.25, 0.3) is 0 Å². The maximum atomic E-state index is 8.86. The summed E-state index contributed by atoms with van der Waals surface area (Å²) in [6.45, 7) is 0. The molecule has 0 atom stereocenters. The second-order valence-corrected chi connectivity index (χ2v) is 0.665. The SMILES string of the molecule is O=C(O)S.[MgH2]. The minimum atomic E-state index is -1.14. The van der Waals surface area contributed by atoms with Gasteiger partial charge in [0.05, 0.1) is 0 Å². The van der Waals surface area contributed by atoms with Crippen molar-refractivity contribution in [3.05, 3.63) is 0 Å². The highest BCUT2D eigenvalue weighted by atomic mass is 32.1. The third-order valence-corrected chi connectivity index (χ3v) is 0. The summed E-state index contributed by atoms with van der Waals surface area (Å²) < 4.78 is 0. The Kier molecular flexibility index (Phi) is 8.38. The summed E-state index contributed by atoms with van der Waals surface area (Å²) in [6, 6.07) is 0. The van der Waals surface area contributed by atoms with Gasteiger partial charge in [0.2, 0.25) is 0 Å². The fourth-order valence-corrected chi connectivity index (χ4v) is 0. The third-order valence-electron chi connectivity index (χ3n) is 0. The van der Waals surface area contributed by atoms with E-state index in [4.69, 9.17) is 9.90 Å². The molecule has 0 aliphatic rings. The Balaban J connectivity index is 0. The van der Waals surface area contributed by atoms with Crippen LogP contribution in [0.25, 0.3) is 0 Å². The van der Waals surface area contributed by atoms with Crippen LogP contribution in [0.5, 0.6) is 0 Å². The minimum absolute atomic E-state index is 0. The molecule has 0 aromatic rings. The van der Waals surface area contributed by atoms with Crippen LogP contribution in [0.2, 0.25) is 0 Å². The molecule has 0 aliphatic heterocycles. The Morgan fingerprint density at radius 2 is 1.80 bits per heavy atom.